The van der Waals surface area contributed by atoms with Gasteiger partial charge in [0.25, 0.3) is 0 Å². The van der Waals surface area contributed by atoms with Crippen LogP contribution in [0.4, 0.5) is 0 Å². The van der Waals surface area contributed by atoms with Crippen molar-refractivity contribution in [2.75, 3.05) is 13.1 Å². The Kier molecular flexibility index (Phi) is 6.08. The smallest absolute Gasteiger partial charge is 0.0727 e. The van der Waals surface area contributed by atoms with Crippen LogP contribution in [-0.4, -0.2) is 28.0 Å². The first-order chi connectivity index (χ1) is 8.11. The molecular weight excluding hydrogens is 230 g/mol. The molecule has 17 heavy (non-hydrogen) atoms. The van der Waals surface area contributed by atoms with Gasteiger partial charge in [-0.3, -0.25) is 9.88 Å². The van der Waals surface area contributed by atoms with Crippen LogP contribution >= 0.6 is 12.2 Å². The van der Waals surface area contributed by atoms with Crippen molar-refractivity contribution in [2.45, 2.75) is 33.2 Å². The zero-order chi connectivity index (χ0) is 12.7. The lowest BCUT2D eigenvalue weighted by atomic mass is 10.2. The van der Waals surface area contributed by atoms with Crippen LogP contribution in [0.2, 0.25) is 0 Å². The maximum absolute atomic E-state index is 5.49. The molecule has 0 saturated heterocycles. The molecule has 0 amide bonds. The molecule has 0 aliphatic heterocycles. The van der Waals surface area contributed by atoms with Crippen molar-refractivity contribution in [3.8, 4) is 0 Å². The van der Waals surface area contributed by atoms with E-state index < -0.39 is 0 Å². The van der Waals surface area contributed by atoms with Crippen molar-refractivity contribution in [3.63, 3.8) is 0 Å². The quantitative estimate of drug-likeness (QED) is 0.755. The van der Waals surface area contributed by atoms with E-state index in [4.69, 9.17) is 18.0 Å². The molecule has 0 aliphatic rings. The number of aryl methyl sites for hydroxylation is 1. The number of nitrogens with zero attached hydrogens (tertiary/aromatic N) is 2. The summed E-state index contributed by atoms with van der Waals surface area (Å²) in [7, 11) is 0. The fourth-order valence-electron chi connectivity index (χ4n) is 1.74. The molecule has 0 bridgehead atoms. The van der Waals surface area contributed by atoms with E-state index in [1.54, 1.807) is 0 Å². The molecular formula is C13H21N3S. The standard InChI is InChI=1S/C13H21N3S/c1-3-16(9-5-8-13(14)17)10-12-7-4-6-11(2)15-12/h4,6-7H,3,5,8-10H2,1-2H3,(H2,14,17). The first-order valence-electron chi connectivity index (χ1n) is 6.05. The molecule has 94 valence electrons. The lowest BCUT2D eigenvalue weighted by molar-refractivity contribution is 0.275. The third-order valence-electron chi connectivity index (χ3n) is 2.68. The van der Waals surface area contributed by atoms with Gasteiger partial charge in [-0.15, -0.1) is 0 Å². The number of hydrogen-bond donors (Lipinski definition) is 1. The van der Waals surface area contributed by atoms with E-state index in [0.717, 1.165) is 43.9 Å². The fourth-order valence-corrected chi connectivity index (χ4v) is 1.89. The lowest BCUT2D eigenvalue weighted by Crippen LogP contribution is -2.25. The Morgan fingerprint density at radius 1 is 1.47 bits per heavy atom. The maximum Gasteiger partial charge on any atom is 0.0727 e. The van der Waals surface area contributed by atoms with E-state index in [-0.39, 0.29) is 0 Å². The summed E-state index contributed by atoms with van der Waals surface area (Å²) in [5.41, 5.74) is 7.69. The van der Waals surface area contributed by atoms with Crippen molar-refractivity contribution < 1.29 is 0 Å². The van der Waals surface area contributed by atoms with Gasteiger partial charge in [0, 0.05) is 12.2 Å². The highest BCUT2D eigenvalue weighted by Crippen LogP contribution is 2.04. The predicted molar refractivity (Wildman–Crippen MR) is 75.9 cm³/mol. The Hall–Kier alpha value is -1.00. The molecule has 0 aromatic carbocycles. The van der Waals surface area contributed by atoms with Gasteiger partial charge in [0.15, 0.2) is 0 Å². The molecule has 0 radical (unpaired) electrons. The third-order valence-corrected chi connectivity index (χ3v) is 2.88. The molecule has 0 fully saturated rings. The highest BCUT2D eigenvalue weighted by molar-refractivity contribution is 7.80. The average molecular weight is 251 g/mol. The summed E-state index contributed by atoms with van der Waals surface area (Å²) in [4.78, 5) is 7.48. The Morgan fingerprint density at radius 2 is 2.24 bits per heavy atom. The lowest BCUT2D eigenvalue weighted by Gasteiger charge is -2.19. The van der Waals surface area contributed by atoms with Crippen molar-refractivity contribution in [1.29, 1.82) is 0 Å². The van der Waals surface area contributed by atoms with Crippen LogP contribution in [0.3, 0.4) is 0 Å². The Labute approximate surface area is 109 Å². The fraction of sp³-hybridized carbons (Fsp3) is 0.538. The van der Waals surface area contributed by atoms with Crippen LogP contribution < -0.4 is 5.73 Å². The number of rotatable bonds is 7. The first-order valence-corrected chi connectivity index (χ1v) is 6.46. The molecule has 0 spiro atoms. The van der Waals surface area contributed by atoms with E-state index in [1.165, 1.54) is 0 Å². The maximum atomic E-state index is 5.49. The van der Waals surface area contributed by atoms with Crippen molar-refractivity contribution in [2.24, 2.45) is 5.73 Å². The summed E-state index contributed by atoms with van der Waals surface area (Å²) < 4.78 is 0. The summed E-state index contributed by atoms with van der Waals surface area (Å²) in [5, 5.41) is 0. The molecule has 1 aromatic heterocycles. The van der Waals surface area contributed by atoms with Gasteiger partial charge < -0.3 is 5.73 Å². The van der Waals surface area contributed by atoms with Gasteiger partial charge in [-0.05, 0) is 45.0 Å². The number of nitrogens with two attached hydrogens (primary N) is 1. The summed E-state index contributed by atoms with van der Waals surface area (Å²) in [6.45, 7) is 7.12. The Morgan fingerprint density at radius 3 is 2.82 bits per heavy atom. The molecule has 0 atom stereocenters. The van der Waals surface area contributed by atoms with Crippen LogP contribution in [0, 0.1) is 6.92 Å². The Balaban J connectivity index is 2.43. The average Bonchev–Trinajstić information content (AvgIpc) is 2.27. The summed E-state index contributed by atoms with van der Waals surface area (Å²) >= 11 is 4.88. The van der Waals surface area contributed by atoms with Crippen LogP contribution in [-0.2, 0) is 6.54 Å². The van der Waals surface area contributed by atoms with Crippen molar-refractivity contribution >= 4 is 17.2 Å². The van der Waals surface area contributed by atoms with Crippen molar-refractivity contribution in [1.82, 2.24) is 9.88 Å². The first kappa shape index (κ1) is 14.1. The van der Waals surface area contributed by atoms with Gasteiger partial charge >= 0.3 is 0 Å². The van der Waals surface area contributed by atoms with Crippen molar-refractivity contribution in [3.05, 3.63) is 29.6 Å². The molecule has 0 aliphatic carbocycles. The zero-order valence-corrected chi connectivity index (χ0v) is 11.5. The highest BCUT2D eigenvalue weighted by atomic mass is 32.1. The topological polar surface area (TPSA) is 42.1 Å². The molecule has 4 heteroatoms. The second kappa shape index (κ2) is 7.35. The van der Waals surface area contributed by atoms with E-state index in [2.05, 4.69) is 28.9 Å². The van der Waals surface area contributed by atoms with Crippen LogP contribution in [0.15, 0.2) is 18.2 Å². The SMILES string of the molecule is CCN(CCCC(N)=S)Cc1cccc(C)n1. The van der Waals surface area contributed by atoms with Gasteiger partial charge in [-0.2, -0.15) is 0 Å². The second-order valence-electron chi connectivity index (χ2n) is 4.21. The predicted octanol–water partition coefficient (Wildman–Crippen LogP) is 2.28. The van der Waals surface area contributed by atoms with E-state index in [0.29, 0.717) is 4.99 Å². The largest absolute Gasteiger partial charge is 0.393 e. The molecule has 1 aromatic rings. The Bertz CT molecular complexity index is 365. The van der Waals surface area contributed by atoms with Gasteiger partial charge in [-0.25, -0.2) is 0 Å². The number of thiocarbonyl (C=S) groups is 1. The minimum atomic E-state index is 0.606. The second-order valence-corrected chi connectivity index (χ2v) is 4.73. The monoisotopic (exact) mass is 251 g/mol. The van der Waals surface area contributed by atoms with Gasteiger partial charge in [-0.1, -0.05) is 25.2 Å². The molecule has 0 saturated carbocycles. The van der Waals surface area contributed by atoms with Crippen LogP contribution in [0.1, 0.15) is 31.2 Å². The molecule has 2 N–H and O–H groups in total. The van der Waals surface area contributed by atoms with Gasteiger partial charge in [0.1, 0.15) is 0 Å². The minimum Gasteiger partial charge on any atom is -0.393 e. The number of pyridine rings is 1. The van der Waals surface area contributed by atoms with E-state index in [9.17, 15) is 0 Å². The number of aromatic nitrogens is 1. The minimum absolute atomic E-state index is 0.606. The van der Waals surface area contributed by atoms with E-state index >= 15 is 0 Å². The van der Waals surface area contributed by atoms with Gasteiger partial charge in [0.05, 0.1) is 10.7 Å². The number of hydrogen-bond acceptors (Lipinski definition) is 3. The molecule has 0 unspecified atom stereocenters. The molecule has 1 heterocycles. The van der Waals surface area contributed by atoms with Crippen LogP contribution in [0.25, 0.3) is 0 Å². The third kappa shape index (κ3) is 5.75. The normalized spacial score (nSPS) is 10.8. The van der Waals surface area contributed by atoms with E-state index in [1.807, 2.05) is 13.0 Å². The molecule has 3 nitrogen and oxygen atoms in total. The molecule has 1 rings (SSSR count). The van der Waals surface area contributed by atoms with Gasteiger partial charge in [0.2, 0.25) is 0 Å². The zero-order valence-electron chi connectivity index (χ0n) is 10.6. The summed E-state index contributed by atoms with van der Waals surface area (Å²) in [6, 6.07) is 6.15. The highest BCUT2D eigenvalue weighted by Gasteiger charge is 2.04. The van der Waals surface area contributed by atoms with Crippen LogP contribution in [0.5, 0.6) is 0 Å². The summed E-state index contributed by atoms with van der Waals surface area (Å²) in [6.07, 6.45) is 1.85. The summed E-state index contributed by atoms with van der Waals surface area (Å²) in [5.74, 6) is 0.